The van der Waals surface area contributed by atoms with Gasteiger partial charge in [0.15, 0.2) is 0 Å². The summed E-state index contributed by atoms with van der Waals surface area (Å²) in [6, 6.07) is 0. The predicted molar refractivity (Wildman–Crippen MR) is 64.0 cm³/mol. The summed E-state index contributed by atoms with van der Waals surface area (Å²) in [5, 5.41) is 8.53. The fourth-order valence-corrected chi connectivity index (χ4v) is 2.31. The van der Waals surface area contributed by atoms with Crippen LogP contribution in [0.25, 0.3) is 0 Å². The van der Waals surface area contributed by atoms with Gasteiger partial charge >= 0.3 is 0 Å². The summed E-state index contributed by atoms with van der Waals surface area (Å²) >= 11 is 1.42. The van der Waals surface area contributed by atoms with E-state index in [1.165, 1.54) is 24.6 Å². The molecule has 1 aromatic heterocycles. The number of nitrogens with two attached hydrogens (primary N) is 1. The minimum absolute atomic E-state index is 0.176. The van der Waals surface area contributed by atoms with Crippen molar-refractivity contribution >= 4 is 11.8 Å². The second kappa shape index (κ2) is 4.45. The van der Waals surface area contributed by atoms with Crippen LogP contribution in [-0.4, -0.2) is 20.6 Å². The van der Waals surface area contributed by atoms with Gasteiger partial charge in [0.05, 0.1) is 0 Å². The zero-order chi connectivity index (χ0) is 11.7. The molecule has 5 nitrogen and oxygen atoms in total. The third-order valence-corrected chi connectivity index (χ3v) is 3.75. The van der Waals surface area contributed by atoms with E-state index in [0.717, 1.165) is 10.4 Å². The molecule has 88 valence electrons. The Morgan fingerprint density at radius 2 is 2.25 bits per heavy atom. The summed E-state index contributed by atoms with van der Waals surface area (Å²) in [4.78, 5) is 12.0. The van der Waals surface area contributed by atoms with Crippen molar-refractivity contribution in [2.75, 3.05) is 11.6 Å². The van der Waals surface area contributed by atoms with Gasteiger partial charge in [-0.15, -0.1) is 10.2 Å². The second-order valence-electron chi connectivity index (χ2n) is 4.10. The van der Waals surface area contributed by atoms with Crippen molar-refractivity contribution in [3.63, 3.8) is 0 Å². The maximum absolute atomic E-state index is 12.0. The number of hydrogen-bond donors (Lipinski definition) is 1. The van der Waals surface area contributed by atoms with Gasteiger partial charge in [0.25, 0.3) is 5.56 Å². The van der Waals surface area contributed by atoms with Gasteiger partial charge in [0, 0.05) is 5.92 Å². The molecule has 1 aromatic rings. The molecule has 6 heteroatoms. The van der Waals surface area contributed by atoms with Crippen LogP contribution < -0.4 is 11.4 Å². The summed E-state index contributed by atoms with van der Waals surface area (Å²) < 4.78 is 1.12. The van der Waals surface area contributed by atoms with Crippen LogP contribution in [-0.2, 0) is 0 Å². The highest BCUT2D eigenvalue weighted by atomic mass is 32.2. The quantitative estimate of drug-likeness (QED) is 0.627. The van der Waals surface area contributed by atoms with Gasteiger partial charge < -0.3 is 5.84 Å². The largest absolute Gasteiger partial charge is 0.334 e. The number of thioether (sulfide) groups is 1. The van der Waals surface area contributed by atoms with Crippen molar-refractivity contribution in [3.8, 4) is 0 Å². The van der Waals surface area contributed by atoms with Crippen LogP contribution in [0.3, 0.4) is 0 Å². The molecule has 1 heterocycles. The normalized spacial score (nSPS) is 17.4. The SMILES string of the molecule is CCSc1nnc(C(C)C2CC2)c(=O)n1N. The highest BCUT2D eigenvalue weighted by Gasteiger charge is 2.32. The van der Waals surface area contributed by atoms with Gasteiger partial charge in [0.1, 0.15) is 5.69 Å². The Kier molecular flexibility index (Phi) is 3.18. The Bertz CT molecular complexity index is 441. The van der Waals surface area contributed by atoms with Crippen molar-refractivity contribution in [2.45, 2.75) is 37.8 Å². The fourth-order valence-electron chi connectivity index (χ4n) is 1.73. The van der Waals surface area contributed by atoms with Gasteiger partial charge in [-0.25, -0.2) is 0 Å². The summed E-state index contributed by atoms with van der Waals surface area (Å²) in [6.45, 7) is 4.01. The molecule has 1 saturated carbocycles. The molecule has 0 bridgehead atoms. The number of rotatable bonds is 4. The van der Waals surface area contributed by atoms with Crippen LogP contribution in [0.4, 0.5) is 0 Å². The minimum atomic E-state index is -0.203. The van der Waals surface area contributed by atoms with Gasteiger partial charge in [-0.1, -0.05) is 25.6 Å². The van der Waals surface area contributed by atoms with Crippen molar-refractivity contribution < 1.29 is 0 Å². The van der Waals surface area contributed by atoms with Crippen LogP contribution in [0.2, 0.25) is 0 Å². The van der Waals surface area contributed by atoms with E-state index < -0.39 is 0 Å². The van der Waals surface area contributed by atoms with Crippen molar-refractivity contribution in [1.29, 1.82) is 0 Å². The molecule has 1 atom stereocenters. The Morgan fingerprint density at radius 3 is 2.81 bits per heavy atom. The highest BCUT2D eigenvalue weighted by molar-refractivity contribution is 7.99. The lowest BCUT2D eigenvalue weighted by Crippen LogP contribution is -2.34. The third-order valence-electron chi connectivity index (χ3n) is 2.92. The second-order valence-corrected chi connectivity index (χ2v) is 5.33. The standard InChI is InChI=1S/C10H16N4OS/c1-3-16-10-13-12-8(9(15)14(10)11)6(2)7-4-5-7/h6-7H,3-5,11H2,1-2H3. The first kappa shape index (κ1) is 11.4. The van der Waals surface area contributed by atoms with Gasteiger partial charge in [-0.05, 0) is 24.5 Å². The number of nitrogen functional groups attached to an aromatic ring is 1. The molecule has 0 spiro atoms. The summed E-state index contributed by atoms with van der Waals surface area (Å²) in [5.41, 5.74) is 0.302. The summed E-state index contributed by atoms with van der Waals surface area (Å²) in [5.74, 6) is 7.30. The smallest absolute Gasteiger partial charge is 0.294 e. The average Bonchev–Trinajstić information content (AvgIpc) is 3.08. The van der Waals surface area contributed by atoms with E-state index in [0.29, 0.717) is 16.8 Å². The first-order chi connectivity index (χ1) is 7.65. The molecule has 1 fully saturated rings. The minimum Gasteiger partial charge on any atom is -0.334 e. The van der Waals surface area contributed by atoms with Gasteiger partial charge in [0.2, 0.25) is 5.16 Å². The number of nitrogens with zero attached hydrogens (tertiary/aromatic N) is 3. The van der Waals surface area contributed by atoms with Gasteiger partial charge in [-0.2, -0.15) is 4.68 Å². The van der Waals surface area contributed by atoms with E-state index in [1.54, 1.807) is 0 Å². The fraction of sp³-hybridized carbons (Fsp3) is 0.700. The Morgan fingerprint density at radius 1 is 1.56 bits per heavy atom. The molecule has 1 aliphatic rings. The van der Waals surface area contributed by atoms with E-state index >= 15 is 0 Å². The first-order valence-corrected chi connectivity index (χ1v) is 6.51. The zero-order valence-electron chi connectivity index (χ0n) is 9.51. The first-order valence-electron chi connectivity index (χ1n) is 5.52. The molecular formula is C10H16N4OS. The highest BCUT2D eigenvalue weighted by Crippen LogP contribution is 2.40. The maximum Gasteiger partial charge on any atom is 0.294 e. The lowest BCUT2D eigenvalue weighted by molar-refractivity contribution is 0.578. The Hall–Kier alpha value is -1.04. The average molecular weight is 240 g/mol. The summed E-state index contributed by atoms with van der Waals surface area (Å²) in [6.07, 6.45) is 2.36. The van der Waals surface area contributed by atoms with E-state index in [-0.39, 0.29) is 11.5 Å². The van der Waals surface area contributed by atoms with E-state index in [1.807, 2.05) is 13.8 Å². The molecule has 1 aliphatic carbocycles. The third kappa shape index (κ3) is 2.07. The Labute approximate surface area is 98.4 Å². The molecule has 0 aliphatic heterocycles. The Balaban J connectivity index is 2.34. The molecule has 2 N–H and O–H groups in total. The topological polar surface area (TPSA) is 73.8 Å². The molecule has 0 saturated heterocycles. The molecule has 2 rings (SSSR count). The van der Waals surface area contributed by atoms with Crippen molar-refractivity contribution in [1.82, 2.24) is 14.9 Å². The van der Waals surface area contributed by atoms with Crippen LogP contribution >= 0.6 is 11.8 Å². The predicted octanol–water partition coefficient (Wildman–Crippen LogP) is 0.978. The summed E-state index contributed by atoms with van der Waals surface area (Å²) in [7, 11) is 0. The number of hydrogen-bond acceptors (Lipinski definition) is 5. The molecule has 0 amide bonds. The lowest BCUT2D eigenvalue weighted by Gasteiger charge is -2.10. The molecule has 0 radical (unpaired) electrons. The van der Waals surface area contributed by atoms with Crippen molar-refractivity contribution in [2.24, 2.45) is 5.92 Å². The van der Waals surface area contributed by atoms with Crippen LogP contribution in [0.5, 0.6) is 0 Å². The maximum atomic E-state index is 12.0. The zero-order valence-corrected chi connectivity index (χ0v) is 10.3. The van der Waals surface area contributed by atoms with E-state index in [4.69, 9.17) is 5.84 Å². The molecule has 0 aromatic carbocycles. The van der Waals surface area contributed by atoms with Crippen LogP contribution in [0.1, 0.15) is 38.3 Å². The molecular weight excluding hydrogens is 224 g/mol. The van der Waals surface area contributed by atoms with Gasteiger partial charge in [-0.3, -0.25) is 4.79 Å². The van der Waals surface area contributed by atoms with E-state index in [9.17, 15) is 4.79 Å². The molecule has 1 unspecified atom stereocenters. The monoisotopic (exact) mass is 240 g/mol. The number of aromatic nitrogens is 3. The lowest BCUT2D eigenvalue weighted by atomic mass is 10.0. The van der Waals surface area contributed by atoms with Crippen LogP contribution in [0, 0.1) is 5.92 Å². The van der Waals surface area contributed by atoms with Crippen LogP contribution in [0.15, 0.2) is 9.95 Å². The van der Waals surface area contributed by atoms with E-state index in [2.05, 4.69) is 10.2 Å². The van der Waals surface area contributed by atoms with Crippen molar-refractivity contribution in [3.05, 3.63) is 16.0 Å². The molecule has 16 heavy (non-hydrogen) atoms.